The zero-order chi connectivity index (χ0) is 30.3. The first-order valence-corrected chi connectivity index (χ1v) is 16.3. The number of carbonyl (C=O) groups is 1. The van der Waals surface area contributed by atoms with Crippen molar-refractivity contribution in [2.24, 2.45) is 5.41 Å². The van der Waals surface area contributed by atoms with Gasteiger partial charge in [0.25, 0.3) is 5.56 Å². The van der Waals surface area contributed by atoms with E-state index in [1.165, 1.54) is 42.3 Å². The van der Waals surface area contributed by atoms with Crippen molar-refractivity contribution >= 4 is 25.3 Å². The van der Waals surface area contributed by atoms with E-state index < -0.39 is 54.9 Å². The van der Waals surface area contributed by atoms with Crippen LogP contribution in [0.2, 0.25) is 5.02 Å². The van der Waals surface area contributed by atoms with E-state index in [1.54, 1.807) is 12.1 Å². The Hall–Kier alpha value is -2.47. The van der Waals surface area contributed by atoms with Gasteiger partial charge < -0.3 is 19.1 Å². The van der Waals surface area contributed by atoms with Crippen LogP contribution in [0, 0.1) is 5.41 Å². The van der Waals surface area contributed by atoms with Gasteiger partial charge in [-0.15, -0.1) is 0 Å². The van der Waals surface area contributed by atoms with E-state index in [2.05, 4.69) is 17.0 Å². The molecule has 2 fully saturated rings. The Morgan fingerprint density at radius 1 is 1.19 bits per heavy atom. The van der Waals surface area contributed by atoms with Crippen LogP contribution in [0.15, 0.2) is 46.1 Å². The molecule has 2 aromatic rings. The van der Waals surface area contributed by atoms with Crippen LogP contribution >= 0.6 is 19.3 Å². The molecule has 42 heavy (non-hydrogen) atoms. The summed E-state index contributed by atoms with van der Waals surface area (Å²) >= 11 is 5.96. The maximum Gasteiger partial charge on any atom is 0.459 e. The number of aliphatic hydroxyl groups is 1. The van der Waals surface area contributed by atoms with Crippen LogP contribution in [0.1, 0.15) is 71.4 Å². The number of aromatic nitrogens is 2. The number of hydrogen-bond acceptors (Lipinski definition) is 9. The minimum atomic E-state index is -4.23. The maximum absolute atomic E-state index is 13.9. The Kier molecular flexibility index (Phi) is 11.1. The van der Waals surface area contributed by atoms with Crippen molar-refractivity contribution in [3.63, 3.8) is 0 Å². The van der Waals surface area contributed by atoms with Gasteiger partial charge in [-0.1, -0.05) is 50.6 Å². The third kappa shape index (κ3) is 8.12. The fraction of sp³-hybridized carbons (Fsp3) is 0.607. The number of aromatic amines is 1. The molecule has 1 saturated heterocycles. The van der Waals surface area contributed by atoms with Gasteiger partial charge in [-0.3, -0.25) is 23.7 Å². The molecule has 1 unspecified atom stereocenters. The quantitative estimate of drug-likeness (QED) is 0.139. The summed E-state index contributed by atoms with van der Waals surface area (Å²) in [6.07, 6.45) is 5.84. The zero-order valence-electron chi connectivity index (χ0n) is 23.8. The fourth-order valence-corrected chi connectivity index (χ4v) is 6.66. The number of halogens is 1. The molecule has 12 nitrogen and oxygen atoms in total. The molecule has 2 heterocycles. The third-order valence-corrected chi connectivity index (χ3v) is 9.46. The van der Waals surface area contributed by atoms with Gasteiger partial charge in [-0.2, -0.15) is 5.09 Å². The predicted molar refractivity (Wildman–Crippen MR) is 155 cm³/mol. The number of nitrogens with zero attached hydrogens (tertiary/aromatic N) is 1. The summed E-state index contributed by atoms with van der Waals surface area (Å²) in [6, 6.07) is 6.25. The van der Waals surface area contributed by atoms with E-state index >= 15 is 0 Å². The van der Waals surface area contributed by atoms with Crippen molar-refractivity contribution in [3.05, 3.63) is 62.4 Å². The second-order valence-corrected chi connectivity index (χ2v) is 13.0. The first kappa shape index (κ1) is 32.4. The Bertz CT molecular complexity index is 1360. The van der Waals surface area contributed by atoms with E-state index in [0.717, 1.165) is 32.1 Å². The summed E-state index contributed by atoms with van der Waals surface area (Å²) in [5.74, 6) is -0.439. The lowest BCUT2D eigenvalue weighted by Gasteiger charge is -2.24. The first-order valence-electron chi connectivity index (χ1n) is 14.4. The molecule has 0 bridgehead atoms. The van der Waals surface area contributed by atoms with Gasteiger partial charge in [0, 0.05) is 22.7 Å². The number of esters is 1. The van der Waals surface area contributed by atoms with E-state index in [-0.39, 0.29) is 19.0 Å². The van der Waals surface area contributed by atoms with Crippen molar-refractivity contribution < 1.29 is 33.0 Å². The monoisotopic (exact) mass is 627 g/mol. The average Bonchev–Trinajstić information content (AvgIpc) is 3.71. The first-order chi connectivity index (χ1) is 20.1. The minimum absolute atomic E-state index is 0.173. The van der Waals surface area contributed by atoms with Crippen LogP contribution in [0.25, 0.3) is 0 Å². The molecule has 1 aromatic heterocycles. The van der Waals surface area contributed by atoms with E-state index in [4.69, 9.17) is 30.1 Å². The summed E-state index contributed by atoms with van der Waals surface area (Å²) in [5, 5.41) is 14.2. The molecule has 1 saturated carbocycles. The molecule has 1 spiro atoms. The SMILES string of the molecule is CCCCCCCCOC(=O)[C@@H](C)NP(=O)(OC[C@H]1O[C@@H](n2ccc(=O)[nH]c2=O)C2(CC2)[C@@H]1O)Oc1ccc(Cl)cc1. The summed E-state index contributed by atoms with van der Waals surface area (Å²) < 4.78 is 37.9. The van der Waals surface area contributed by atoms with Crippen LogP contribution < -0.4 is 20.9 Å². The third-order valence-electron chi connectivity index (χ3n) is 7.56. The second-order valence-electron chi connectivity index (χ2n) is 10.8. The summed E-state index contributed by atoms with van der Waals surface area (Å²) in [7, 11) is -4.23. The van der Waals surface area contributed by atoms with E-state index in [1.807, 2.05) is 0 Å². The number of carbonyl (C=O) groups excluding carboxylic acids is 1. The number of unbranched alkanes of at least 4 members (excludes halogenated alkanes) is 5. The van der Waals surface area contributed by atoms with Crippen LogP contribution in [0.3, 0.4) is 0 Å². The number of ether oxygens (including phenoxy) is 2. The lowest BCUT2D eigenvalue weighted by atomic mass is 9.96. The molecular formula is C28H39ClN3O9P. The largest absolute Gasteiger partial charge is 0.465 e. The van der Waals surface area contributed by atoms with Crippen LogP contribution in [0.5, 0.6) is 5.75 Å². The molecular weight excluding hydrogens is 589 g/mol. The lowest BCUT2D eigenvalue weighted by Crippen LogP contribution is -2.37. The van der Waals surface area contributed by atoms with Gasteiger partial charge in [-0.25, -0.2) is 9.36 Å². The Balaban J connectivity index is 1.41. The summed E-state index contributed by atoms with van der Waals surface area (Å²) in [6.45, 7) is 3.50. The number of benzene rings is 1. The minimum Gasteiger partial charge on any atom is -0.465 e. The average molecular weight is 628 g/mol. The molecule has 1 aromatic carbocycles. The highest BCUT2D eigenvalue weighted by Crippen LogP contribution is 2.62. The molecule has 0 amide bonds. The molecule has 1 aliphatic carbocycles. The zero-order valence-corrected chi connectivity index (χ0v) is 25.5. The van der Waals surface area contributed by atoms with Crippen molar-refractivity contribution in [2.75, 3.05) is 13.2 Å². The highest BCUT2D eigenvalue weighted by Gasteiger charge is 2.64. The number of aliphatic hydroxyl groups excluding tert-OH is 1. The highest BCUT2D eigenvalue weighted by molar-refractivity contribution is 7.52. The standard InChI is InChI=1S/C28H39ClN3O9P/c1-3-4-5-6-7-8-17-38-25(35)19(2)31-42(37,41-21-11-9-20(29)10-12-21)39-18-22-24(34)28(14-15-28)26(40-22)32-16-13-23(33)30-27(32)36/h9-13,16,19,22,24,26,34H,3-8,14-15,17-18H2,1-2H3,(H,31,37)(H,30,33,36)/t19-,22-,24-,26-,42?/m1/s1. The molecule has 0 radical (unpaired) electrons. The Morgan fingerprint density at radius 3 is 2.55 bits per heavy atom. The molecule has 3 N–H and O–H groups in total. The van der Waals surface area contributed by atoms with Gasteiger partial charge in [-0.05, 0) is 50.5 Å². The predicted octanol–water partition coefficient (Wildman–Crippen LogP) is 4.31. The van der Waals surface area contributed by atoms with Crippen molar-refractivity contribution in [1.29, 1.82) is 0 Å². The van der Waals surface area contributed by atoms with Gasteiger partial charge in [0.05, 0.1) is 19.3 Å². The molecule has 14 heteroatoms. The van der Waals surface area contributed by atoms with Crippen LogP contribution in [0.4, 0.5) is 0 Å². The fourth-order valence-electron chi connectivity index (χ4n) is 5.03. The van der Waals surface area contributed by atoms with E-state index in [0.29, 0.717) is 17.9 Å². The lowest BCUT2D eigenvalue weighted by molar-refractivity contribution is -0.145. The molecule has 232 valence electrons. The van der Waals surface area contributed by atoms with Crippen molar-refractivity contribution in [2.45, 2.75) is 89.7 Å². The molecule has 4 rings (SSSR count). The van der Waals surface area contributed by atoms with Crippen LogP contribution in [-0.4, -0.2) is 52.1 Å². The molecule has 1 aliphatic heterocycles. The van der Waals surface area contributed by atoms with Gasteiger partial charge in [0.2, 0.25) is 0 Å². The van der Waals surface area contributed by atoms with Crippen molar-refractivity contribution in [1.82, 2.24) is 14.6 Å². The van der Waals surface area contributed by atoms with Gasteiger partial charge >= 0.3 is 19.4 Å². The number of H-pyrrole nitrogens is 1. The smallest absolute Gasteiger partial charge is 0.459 e. The van der Waals surface area contributed by atoms with Gasteiger partial charge in [0.1, 0.15) is 24.1 Å². The topological polar surface area (TPSA) is 158 Å². The van der Waals surface area contributed by atoms with Crippen LogP contribution in [-0.2, 0) is 23.4 Å². The molecule has 2 aliphatic rings. The summed E-state index contributed by atoms with van der Waals surface area (Å²) in [4.78, 5) is 38.8. The number of rotatable bonds is 16. The van der Waals surface area contributed by atoms with Crippen molar-refractivity contribution in [3.8, 4) is 5.75 Å². The molecule has 5 atom stereocenters. The maximum atomic E-state index is 13.9. The normalized spacial score (nSPS) is 22.9. The Labute approximate surface area is 249 Å². The number of hydrogen-bond donors (Lipinski definition) is 3. The second kappa shape index (κ2) is 14.3. The number of nitrogens with one attached hydrogen (secondary N) is 2. The highest BCUT2D eigenvalue weighted by atomic mass is 35.5. The van der Waals surface area contributed by atoms with E-state index in [9.17, 15) is 24.1 Å². The summed E-state index contributed by atoms with van der Waals surface area (Å²) in [5.41, 5.74) is -1.97. The van der Waals surface area contributed by atoms with Gasteiger partial charge in [0.15, 0.2) is 0 Å². The Morgan fingerprint density at radius 2 is 1.88 bits per heavy atom.